The Morgan fingerprint density at radius 2 is 2.00 bits per heavy atom. The maximum atomic E-state index is 11.2. The fourth-order valence-electron chi connectivity index (χ4n) is 1.54. The molecule has 0 aromatic heterocycles. The number of Topliss-reactive ketones (excluding diaryl/α,β-unsaturated/α-hetero) is 1. The van der Waals surface area contributed by atoms with Gasteiger partial charge in [-0.15, -0.1) is 0 Å². The number of aryl methyl sites for hydroxylation is 1. The van der Waals surface area contributed by atoms with Crippen molar-refractivity contribution in [3.8, 4) is 11.5 Å². The standard InChI is InChI=1S/C12H16O3/c1-3-4-5-9-6-7-10(14)11(8(2)13)12(9)15/h6-7,14-15H,3-5H2,1-2H3. The quantitative estimate of drug-likeness (QED) is 0.748. The molecule has 0 unspecified atom stereocenters. The van der Waals surface area contributed by atoms with Gasteiger partial charge in [0, 0.05) is 0 Å². The SMILES string of the molecule is CCCCc1ccc(O)c(C(C)=O)c1O. The molecule has 0 heterocycles. The molecule has 0 aliphatic carbocycles. The number of ketones is 1. The monoisotopic (exact) mass is 208 g/mol. The summed E-state index contributed by atoms with van der Waals surface area (Å²) >= 11 is 0. The summed E-state index contributed by atoms with van der Waals surface area (Å²) in [6.45, 7) is 3.39. The largest absolute Gasteiger partial charge is 0.507 e. The highest BCUT2D eigenvalue weighted by Gasteiger charge is 2.15. The van der Waals surface area contributed by atoms with Crippen molar-refractivity contribution in [1.29, 1.82) is 0 Å². The van der Waals surface area contributed by atoms with E-state index in [-0.39, 0.29) is 22.8 Å². The molecule has 0 aliphatic rings. The molecule has 0 saturated carbocycles. The predicted octanol–water partition coefficient (Wildman–Crippen LogP) is 2.64. The summed E-state index contributed by atoms with van der Waals surface area (Å²) in [7, 11) is 0. The van der Waals surface area contributed by atoms with Crippen LogP contribution in [0.1, 0.15) is 42.6 Å². The summed E-state index contributed by atoms with van der Waals surface area (Å²) in [5.74, 6) is -0.542. The van der Waals surface area contributed by atoms with Gasteiger partial charge in [0.2, 0.25) is 0 Å². The molecular formula is C12H16O3. The summed E-state index contributed by atoms with van der Waals surface area (Å²) in [5.41, 5.74) is 0.753. The number of carbonyl (C=O) groups excluding carboxylic acids is 1. The second kappa shape index (κ2) is 4.82. The number of phenolic OH excluding ortho intramolecular Hbond substituents is 2. The fourth-order valence-corrected chi connectivity index (χ4v) is 1.54. The van der Waals surface area contributed by atoms with Crippen molar-refractivity contribution in [3.63, 3.8) is 0 Å². The minimum atomic E-state index is -0.316. The third-order valence-electron chi connectivity index (χ3n) is 2.39. The van der Waals surface area contributed by atoms with E-state index in [9.17, 15) is 15.0 Å². The van der Waals surface area contributed by atoms with Crippen molar-refractivity contribution in [2.24, 2.45) is 0 Å². The van der Waals surface area contributed by atoms with Gasteiger partial charge in [0.05, 0.1) is 0 Å². The lowest BCUT2D eigenvalue weighted by molar-refractivity contribution is 0.101. The van der Waals surface area contributed by atoms with Crippen LogP contribution in [0.3, 0.4) is 0 Å². The van der Waals surface area contributed by atoms with Crippen molar-refractivity contribution in [3.05, 3.63) is 23.3 Å². The summed E-state index contributed by atoms with van der Waals surface area (Å²) in [4.78, 5) is 11.2. The Balaban J connectivity index is 3.11. The van der Waals surface area contributed by atoms with Gasteiger partial charge in [0.1, 0.15) is 17.1 Å². The summed E-state index contributed by atoms with van der Waals surface area (Å²) in [5, 5.41) is 19.2. The Morgan fingerprint density at radius 1 is 1.33 bits per heavy atom. The number of benzene rings is 1. The van der Waals surface area contributed by atoms with E-state index in [2.05, 4.69) is 6.92 Å². The Morgan fingerprint density at radius 3 is 2.53 bits per heavy atom. The molecule has 0 saturated heterocycles. The van der Waals surface area contributed by atoms with Gasteiger partial charge < -0.3 is 10.2 Å². The lowest BCUT2D eigenvalue weighted by atomic mass is 10.0. The zero-order valence-corrected chi connectivity index (χ0v) is 9.08. The van der Waals surface area contributed by atoms with Crippen LogP contribution in [0.2, 0.25) is 0 Å². The van der Waals surface area contributed by atoms with Gasteiger partial charge >= 0.3 is 0 Å². The summed E-state index contributed by atoms with van der Waals surface area (Å²) in [6.07, 6.45) is 2.70. The molecule has 82 valence electrons. The van der Waals surface area contributed by atoms with E-state index in [0.29, 0.717) is 0 Å². The molecule has 15 heavy (non-hydrogen) atoms. The molecule has 3 heteroatoms. The first-order valence-electron chi connectivity index (χ1n) is 5.12. The molecule has 0 aliphatic heterocycles. The molecule has 0 atom stereocenters. The number of hydrogen-bond donors (Lipinski definition) is 2. The summed E-state index contributed by atoms with van der Waals surface area (Å²) in [6, 6.07) is 3.12. The first-order chi connectivity index (χ1) is 7.07. The number of rotatable bonds is 4. The van der Waals surface area contributed by atoms with E-state index in [0.717, 1.165) is 24.8 Å². The number of phenols is 2. The van der Waals surface area contributed by atoms with E-state index in [1.165, 1.54) is 13.0 Å². The van der Waals surface area contributed by atoms with Crippen LogP contribution in [-0.4, -0.2) is 16.0 Å². The van der Waals surface area contributed by atoms with Crippen LogP contribution in [0.5, 0.6) is 11.5 Å². The number of aromatic hydroxyl groups is 2. The molecule has 0 amide bonds. The van der Waals surface area contributed by atoms with E-state index in [4.69, 9.17) is 0 Å². The van der Waals surface area contributed by atoms with Gasteiger partial charge in [-0.25, -0.2) is 0 Å². The van der Waals surface area contributed by atoms with Crippen molar-refractivity contribution < 1.29 is 15.0 Å². The second-order valence-corrected chi connectivity index (χ2v) is 3.63. The molecule has 0 fully saturated rings. The van der Waals surface area contributed by atoms with Crippen LogP contribution in [0.4, 0.5) is 0 Å². The molecule has 0 radical (unpaired) electrons. The number of unbranched alkanes of at least 4 members (excludes halogenated alkanes) is 1. The maximum absolute atomic E-state index is 11.2. The number of hydrogen-bond acceptors (Lipinski definition) is 3. The lowest BCUT2D eigenvalue weighted by Crippen LogP contribution is -1.97. The highest BCUT2D eigenvalue weighted by atomic mass is 16.3. The normalized spacial score (nSPS) is 10.3. The highest BCUT2D eigenvalue weighted by molar-refractivity contribution is 5.99. The van der Waals surface area contributed by atoms with E-state index < -0.39 is 0 Å². The van der Waals surface area contributed by atoms with Gasteiger partial charge in [0.15, 0.2) is 5.78 Å². The van der Waals surface area contributed by atoms with Gasteiger partial charge in [0.25, 0.3) is 0 Å². The smallest absolute Gasteiger partial charge is 0.167 e. The van der Waals surface area contributed by atoms with Crippen molar-refractivity contribution in [2.75, 3.05) is 0 Å². The van der Waals surface area contributed by atoms with Crippen molar-refractivity contribution in [1.82, 2.24) is 0 Å². The van der Waals surface area contributed by atoms with Crippen LogP contribution in [-0.2, 0) is 6.42 Å². The van der Waals surface area contributed by atoms with Crippen LogP contribution < -0.4 is 0 Å². The zero-order chi connectivity index (χ0) is 11.4. The first-order valence-corrected chi connectivity index (χ1v) is 5.12. The minimum Gasteiger partial charge on any atom is -0.507 e. The molecule has 3 nitrogen and oxygen atoms in total. The van der Waals surface area contributed by atoms with Crippen molar-refractivity contribution in [2.45, 2.75) is 33.1 Å². The third-order valence-corrected chi connectivity index (χ3v) is 2.39. The van der Waals surface area contributed by atoms with E-state index >= 15 is 0 Å². The van der Waals surface area contributed by atoms with Gasteiger partial charge in [-0.1, -0.05) is 19.4 Å². The Hall–Kier alpha value is -1.51. The van der Waals surface area contributed by atoms with Gasteiger partial charge in [-0.05, 0) is 31.4 Å². The van der Waals surface area contributed by atoms with Crippen molar-refractivity contribution >= 4 is 5.78 Å². The van der Waals surface area contributed by atoms with E-state index in [1.807, 2.05) is 0 Å². The molecule has 0 bridgehead atoms. The topological polar surface area (TPSA) is 57.5 Å². The van der Waals surface area contributed by atoms with Crippen LogP contribution >= 0.6 is 0 Å². The predicted molar refractivity (Wildman–Crippen MR) is 58.4 cm³/mol. The van der Waals surface area contributed by atoms with E-state index in [1.54, 1.807) is 6.07 Å². The summed E-state index contributed by atoms with van der Waals surface area (Å²) < 4.78 is 0. The first kappa shape index (κ1) is 11.6. The zero-order valence-electron chi connectivity index (χ0n) is 9.08. The third kappa shape index (κ3) is 2.49. The Kier molecular flexibility index (Phi) is 3.72. The average molecular weight is 208 g/mol. The highest BCUT2D eigenvalue weighted by Crippen LogP contribution is 2.31. The van der Waals surface area contributed by atoms with Crippen LogP contribution in [0.25, 0.3) is 0 Å². The lowest BCUT2D eigenvalue weighted by Gasteiger charge is -2.09. The molecule has 1 aromatic carbocycles. The van der Waals surface area contributed by atoms with Crippen LogP contribution in [0.15, 0.2) is 12.1 Å². The maximum Gasteiger partial charge on any atom is 0.167 e. The fraction of sp³-hybridized carbons (Fsp3) is 0.417. The molecule has 0 spiro atoms. The molecule has 1 rings (SSSR count). The van der Waals surface area contributed by atoms with Crippen LogP contribution in [0, 0.1) is 0 Å². The van der Waals surface area contributed by atoms with Gasteiger partial charge in [-0.3, -0.25) is 4.79 Å². The van der Waals surface area contributed by atoms with Gasteiger partial charge in [-0.2, -0.15) is 0 Å². The molecule has 2 N–H and O–H groups in total. The molecule has 1 aromatic rings. The molecular weight excluding hydrogens is 192 g/mol. The Labute approximate surface area is 89.4 Å². The average Bonchev–Trinajstić information content (AvgIpc) is 2.16. The minimum absolute atomic E-state index is 0.0311. The Bertz CT molecular complexity index is 369. The number of carbonyl (C=O) groups is 1. The second-order valence-electron chi connectivity index (χ2n) is 3.63.